The zero-order chi connectivity index (χ0) is 15.8. The molecule has 0 unspecified atom stereocenters. The average Bonchev–Trinajstić information content (AvgIpc) is 2.55. The SMILES string of the molecule is CCCOC(=O)c1cc(N)ccc1NCCc1ccccc1. The third kappa shape index (κ3) is 4.52. The molecule has 116 valence electrons. The molecular formula is C18H22N2O2. The summed E-state index contributed by atoms with van der Waals surface area (Å²) in [5, 5.41) is 3.29. The molecule has 0 radical (unpaired) electrons. The van der Waals surface area contributed by atoms with Gasteiger partial charge in [-0.2, -0.15) is 0 Å². The Balaban J connectivity index is 2.02. The Labute approximate surface area is 131 Å². The molecule has 0 heterocycles. The van der Waals surface area contributed by atoms with Gasteiger partial charge in [0.1, 0.15) is 0 Å². The molecule has 2 aromatic rings. The van der Waals surface area contributed by atoms with Crippen LogP contribution in [0.25, 0.3) is 0 Å². The Kier molecular flexibility index (Phi) is 5.83. The molecule has 0 saturated heterocycles. The molecule has 0 aliphatic carbocycles. The van der Waals surface area contributed by atoms with E-state index in [1.807, 2.05) is 31.2 Å². The second kappa shape index (κ2) is 8.08. The van der Waals surface area contributed by atoms with Gasteiger partial charge in [0.15, 0.2) is 0 Å². The van der Waals surface area contributed by atoms with Gasteiger partial charge >= 0.3 is 5.97 Å². The van der Waals surface area contributed by atoms with Crippen molar-refractivity contribution < 1.29 is 9.53 Å². The fourth-order valence-corrected chi connectivity index (χ4v) is 2.14. The first-order valence-corrected chi connectivity index (χ1v) is 7.55. The van der Waals surface area contributed by atoms with Crippen molar-refractivity contribution in [2.75, 3.05) is 24.2 Å². The molecule has 0 aliphatic heterocycles. The Morgan fingerprint density at radius 1 is 1.18 bits per heavy atom. The van der Waals surface area contributed by atoms with E-state index in [0.717, 1.165) is 25.1 Å². The quantitative estimate of drug-likeness (QED) is 0.606. The lowest BCUT2D eigenvalue weighted by Gasteiger charge is -2.12. The van der Waals surface area contributed by atoms with Crippen molar-refractivity contribution in [2.24, 2.45) is 0 Å². The summed E-state index contributed by atoms with van der Waals surface area (Å²) in [6.45, 7) is 3.12. The van der Waals surface area contributed by atoms with E-state index in [0.29, 0.717) is 17.9 Å². The second-order valence-electron chi connectivity index (χ2n) is 5.10. The van der Waals surface area contributed by atoms with Gasteiger partial charge < -0.3 is 15.8 Å². The topological polar surface area (TPSA) is 64.3 Å². The predicted octanol–water partition coefficient (Wildman–Crippen LogP) is 3.49. The number of esters is 1. The van der Waals surface area contributed by atoms with E-state index in [2.05, 4.69) is 17.4 Å². The Hall–Kier alpha value is -2.49. The van der Waals surface area contributed by atoms with E-state index >= 15 is 0 Å². The summed E-state index contributed by atoms with van der Waals surface area (Å²) in [5.41, 5.74) is 8.82. The molecule has 0 aliphatic rings. The van der Waals surface area contributed by atoms with Crippen LogP contribution in [0.4, 0.5) is 11.4 Å². The Bertz CT molecular complexity index is 612. The maximum atomic E-state index is 12.1. The van der Waals surface area contributed by atoms with E-state index < -0.39 is 0 Å². The number of hydrogen-bond donors (Lipinski definition) is 2. The van der Waals surface area contributed by atoms with Crippen molar-refractivity contribution in [1.82, 2.24) is 0 Å². The molecule has 0 spiro atoms. The number of nitrogen functional groups attached to an aromatic ring is 1. The minimum Gasteiger partial charge on any atom is -0.462 e. The fraction of sp³-hybridized carbons (Fsp3) is 0.278. The molecule has 22 heavy (non-hydrogen) atoms. The first kappa shape index (κ1) is 15.9. The number of benzene rings is 2. The monoisotopic (exact) mass is 298 g/mol. The smallest absolute Gasteiger partial charge is 0.340 e. The molecule has 4 heteroatoms. The number of ether oxygens (including phenoxy) is 1. The van der Waals surface area contributed by atoms with Crippen LogP contribution in [0.5, 0.6) is 0 Å². The van der Waals surface area contributed by atoms with Crippen LogP contribution in [0.2, 0.25) is 0 Å². The van der Waals surface area contributed by atoms with Crippen molar-refractivity contribution in [3.8, 4) is 0 Å². The molecule has 0 bridgehead atoms. The van der Waals surface area contributed by atoms with E-state index in [9.17, 15) is 4.79 Å². The third-order valence-electron chi connectivity index (χ3n) is 3.27. The largest absolute Gasteiger partial charge is 0.462 e. The molecule has 0 amide bonds. The molecule has 3 N–H and O–H groups in total. The van der Waals surface area contributed by atoms with Crippen LogP contribution in [0.15, 0.2) is 48.5 Å². The van der Waals surface area contributed by atoms with Crippen LogP contribution >= 0.6 is 0 Å². The van der Waals surface area contributed by atoms with Gasteiger partial charge in [-0.05, 0) is 36.6 Å². The van der Waals surface area contributed by atoms with Crippen LogP contribution in [-0.2, 0) is 11.2 Å². The highest BCUT2D eigenvalue weighted by atomic mass is 16.5. The number of anilines is 2. The number of rotatable bonds is 7. The summed E-state index contributed by atoms with van der Waals surface area (Å²) < 4.78 is 5.20. The predicted molar refractivity (Wildman–Crippen MR) is 90.1 cm³/mol. The first-order valence-electron chi connectivity index (χ1n) is 7.55. The maximum absolute atomic E-state index is 12.1. The second-order valence-corrected chi connectivity index (χ2v) is 5.10. The Morgan fingerprint density at radius 3 is 2.68 bits per heavy atom. The van der Waals surface area contributed by atoms with Crippen molar-refractivity contribution >= 4 is 17.3 Å². The number of carbonyl (C=O) groups is 1. The minimum absolute atomic E-state index is 0.337. The Morgan fingerprint density at radius 2 is 1.95 bits per heavy atom. The lowest BCUT2D eigenvalue weighted by molar-refractivity contribution is 0.0506. The molecule has 0 fully saturated rings. The number of carbonyl (C=O) groups excluding carboxylic acids is 1. The van der Waals surface area contributed by atoms with Crippen molar-refractivity contribution in [3.05, 3.63) is 59.7 Å². The molecule has 4 nitrogen and oxygen atoms in total. The summed E-state index contributed by atoms with van der Waals surface area (Å²) in [6.07, 6.45) is 1.68. The minimum atomic E-state index is -0.337. The van der Waals surface area contributed by atoms with Crippen molar-refractivity contribution in [2.45, 2.75) is 19.8 Å². The van der Waals surface area contributed by atoms with Gasteiger partial charge in [-0.25, -0.2) is 4.79 Å². The van der Waals surface area contributed by atoms with Gasteiger partial charge in [-0.15, -0.1) is 0 Å². The maximum Gasteiger partial charge on any atom is 0.340 e. The van der Waals surface area contributed by atoms with E-state index in [1.54, 1.807) is 12.1 Å². The lowest BCUT2D eigenvalue weighted by atomic mass is 10.1. The normalized spacial score (nSPS) is 10.2. The summed E-state index contributed by atoms with van der Waals surface area (Å²) in [6, 6.07) is 15.5. The van der Waals surface area contributed by atoms with Crippen LogP contribution < -0.4 is 11.1 Å². The molecule has 0 saturated carbocycles. The number of nitrogens with one attached hydrogen (secondary N) is 1. The summed E-state index contributed by atoms with van der Waals surface area (Å²) in [7, 11) is 0. The van der Waals surface area contributed by atoms with Crippen molar-refractivity contribution in [1.29, 1.82) is 0 Å². The highest BCUT2D eigenvalue weighted by molar-refractivity contribution is 5.96. The average molecular weight is 298 g/mol. The van der Waals surface area contributed by atoms with E-state index in [1.165, 1.54) is 5.56 Å². The molecule has 2 aromatic carbocycles. The van der Waals surface area contributed by atoms with Crippen LogP contribution in [-0.4, -0.2) is 19.1 Å². The highest BCUT2D eigenvalue weighted by Crippen LogP contribution is 2.20. The van der Waals surface area contributed by atoms with Gasteiger partial charge in [0.05, 0.1) is 12.2 Å². The van der Waals surface area contributed by atoms with Crippen molar-refractivity contribution in [3.63, 3.8) is 0 Å². The summed E-state index contributed by atoms with van der Waals surface area (Å²) in [4.78, 5) is 12.1. The zero-order valence-corrected chi connectivity index (χ0v) is 12.8. The van der Waals surface area contributed by atoms with E-state index in [4.69, 9.17) is 10.5 Å². The van der Waals surface area contributed by atoms with Gasteiger partial charge in [0, 0.05) is 17.9 Å². The van der Waals surface area contributed by atoms with Gasteiger partial charge in [-0.3, -0.25) is 0 Å². The molecule has 2 rings (SSSR count). The molecule has 0 atom stereocenters. The number of nitrogens with two attached hydrogens (primary N) is 1. The van der Waals surface area contributed by atoms with Gasteiger partial charge in [0.2, 0.25) is 0 Å². The highest BCUT2D eigenvalue weighted by Gasteiger charge is 2.13. The summed E-state index contributed by atoms with van der Waals surface area (Å²) in [5.74, 6) is -0.337. The third-order valence-corrected chi connectivity index (χ3v) is 3.27. The first-order chi connectivity index (χ1) is 10.7. The van der Waals surface area contributed by atoms with Crippen LogP contribution in [0.1, 0.15) is 29.3 Å². The molecule has 0 aromatic heterocycles. The summed E-state index contributed by atoms with van der Waals surface area (Å²) >= 11 is 0. The molecular weight excluding hydrogens is 276 g/mol. The van der Waals surface area contributed by atoms with Crippen LogP contribution in [0, 0.1) is 0 Å². The van der Waals surface area contributed by atoms with Gasteiger partial charge in [0.25, 0.3) is 0 Å². The fourth-order valence-electron chi connectivity index (χ4n) is 2.14. The van der Waals surface area contributed by atoms with Crippen LogP contribution in [0.3, 0.4) is 0 Å². The zero-order valence-electron chi connectivity index (χ0n) is 12.8. The number of hydrogen-bond acceptors (Lipinski definition) is 4. The lowest BCUT2D eigenvalue weighted by Crippen LogP contribution is -2.12. The van der Waals surface area contributed by atoms with Gasteiger partial charge in [-0.1, -0.05) is 37.3 Å². The van der Waals surface area contributed by atoms with E-state index in [-0.39, 0.29) is 5.97 Å². The standard InChI is InChI=1S/C18H22N2O2/c1-2-12-22-18(21)16-13-15(19)8-9-17(16)20-11-10-14-6-4-3-5-7-14/h3-9,13,20H,2,10-12,19H2,1H3.